The minimum absolute atomic E-state index is 0.194. The molecule has 4 rings (SSSR count). The molecule has 0 saturated carbocycles. The Morgan fingerprint density at radius 1 is 0.750 bits per heavy atom. The van der Waals surface area contributed by atoms with Crippen LogP contribution in [0.1, 0.15) is 29.6 Å². The molecule has 3 aromatic carbocycles. The lowest BCUT2D eigenvalue weighted by Crippen LogP contribution is -2.31. The Labute approximate surface area is 196 Å². The third kappa shape index (κ3) is 5.68. The molecule has 3 aromatic rings. The average Bonchev–Trinajstić information content (AvgIpc) is 2.80. The maximum absolute atomic E-state index is 12.7. The van der Waals surface area contributed by atoms with Crippen LogP contribution < -0.4 is 20.9 Å². The summed E-state index contributed by atoms with van der Waals surface area (Å²) in [4.78, 5) is 27.6. The van der Waals surface area contributed by atoms with Crippen molar-refractivity contribution in [2.45, 2.75) is 19.3 Å². The maximum atomic E-state index is 12.7. The fourth-order valence-corrected chi connectivity index (χ4v) is 4.17. The van der Waals surface area contributed by atoms with Crippen molar-refractivity contribution in [1.29, 1.82) is 0 Å². The topological polar surface area (TPSA) is 73.5 Å². The number of nitrogens with one attached hydrogen (secondary N) is 3. The van der Waals surface area contributed by atoms with E-state index in [1.54, 1.807) is 12.1 Å². The molecule has 3 amide bonds. The zero-order valence-corrected chi connectivity index (χ0v) is 19.2. The number of piperidine rings is 1. The number of hydrogen-bond acceptors (Lipinski definition) is 3. The number of hydrogen-bond donors (Lipinski definition) is 3. The van der Waals surface area contributed by atoms with E-state index in [4.69, 9.17) is 0 Å². The van der Waals surface area contributed by atoms with E-state index >= 15 is 0 Å². The summed E-state index contributed by atoms with van der Waals surface area (Å²) in [6, 6.07) is 21.8. The molecule has 0 spiro atoms. The van der Waals surface area contributed by atoms with Crippen LogP contribution >= 0.6 is 15.9 Å². The van der Waals surface area contributed by atoms with Gasteiger partial charge in [-0.25, -0.2) is 4.79 Å². The number of carbonyl (C=O) groups is 2. The lowest BCUT2D eigenvalue weighted by molar-refractivity contribution is 0.102. The SMILES string of the molecule is O=C(Nc1cccc(Br)c1)Nc1cc(NC(=O)c2ccccc2)ccc1N1CCCCC1. The summed E-state index contributed by atoms with van der Waals surface area (Å²) in [5.74, 6) is -0.194. The molecule has 0 radical (unpaired) electrons. The van der Waals surface area contributed by atoms with Crippen molar-refractivity contribution in [1.82, 2.24) is 0 Å². The first-order valence-electron chi connectivity index (χ1n) is 10.7. The summed E-state index contributed by atoms with van der Waals surface area (Å²) in [6.45, 7) is 1.88. The third-order valence-corrected chi connectivity index (χ3v) is 5.81. The number of amides is 3. The second-order valence-corrected chi connectivity index (χ2v) is 8.60. The molecule has 1 saturated heterocycles. The van der Waals surface area contributed by atoms with Gasteiger partial charge in [-0.05, 0) is 67.8 Å². The summed E-state index contributed by atoms with van der Waals surface area (Å²) in [5, 5.41) is 8.76. The third-order valence-electron chi connectivity index (χ3n) is 5.32. The number of carbonyl (C=O) groups excluding carboxylic acids is 2. The Balaban J connectivity index is 1.55. The Hall–Kier alpha value is -3.32. The Kier molecular flexibility index (Phi) is 7.07. The monoisotopic (exact) mass is 492 g/mol. The number of urea groups is 1. The van der Waals surface area contributed by atoms with Crippen LogP contribution in [0.3, 0.4) is 0 Å². The molecular formula is C25H25BrN4O2. The lowest BCUT2D eigenvalue weighted by atomic mass is 10.1. The first-order valence-corrected chi connectivity index (χ1v) is 11.5. The van der Waals surface area contributed by atoms with Crippen LogP contribution in [0.5, 0.6) is 0 Å². The molecule has 1 aliphatic rings. The maximum Gasteiger partial charge on any atom is 0.323 e. The van der Waals surface area contributed by atoms with Crippen molar-refractivity contribution in [2.24, 2.45) is 0 Å². The van der Waals surface area contributed by atoms with E-state index in [1.165, 1.54) is 6.42 Å². The van der Waals surface area contributed by atoms with Crippen molar-refractivity contribution in [3.8, 4) is 0 Å². The summed E-state index contributed by atoms with van der Waals surface area (Å²) in [6.07, 6.45) is 3.46. The quantitative estimate of drug-likeness (QED) is 0.389. The van der Waals surface area contributed by atoms with Crippen LogP contribution in [0.25, 0.3) is 0 Å². The minimum atomic E-state index is -0.340. The Morgan fingerprint density at radius 3 is 2.25 bits per heavy atom. The van der Waals surface area contributed by atoms with E-state index in [2.05, 4.69) is 36.8 Å². The van der Waals surface area contributed by atoms with Gasteiger partial charge in [0.2, 0.25) is 0 Å². The van der Waals surface area contributed by atoms with Gasteiger partial charge >= 0.3 is 6.03 Å². The molecule has 1 fully saturated rings. The molecule has 0 aliphatic carbocycles. The Bertz CT molecular complexity index is 1100. The van der Waals surface area contributed by atoms with Gasteiger partial charge in [-0.15, -0.1) is 0 Å². The van der Waals surface area contributed by atoms with E-state index in [-0.39, 0.29) is 11.9 Å². The first-order chi connectivity index (χ1) is 15.6. The molecule has 0 atom stereocenters. The van der Waals surface area contributed by atoms with Crippen molar-refractivity contribution in [3.05, 3.63) is 82.8 Å². The smallest absolute Gasteiger partial charge is 0.323 e. The fourth-order valence-electron chi connectivity index (χ4n) is 3.77. The van der Waals surface area contributed by atoms with Crippen LogP contribution in [-0.4, -0.2) is 25.0 Å². The molecule has 0 unspecified atom stereocenters. The van der Waals surface area contributed by atoms with E-state index in [1.807, 2.05) is 60.7 Å². The van der Waals surface area contributed by atoms with E-state index < -0.39 is 0 Å². The van der Waals surface area contributed by atoms with Gasteiger partial charge in [0.15, 0.2) is 0 Å². The van der Waals surface area contributed by atoms with Crippen molar-refractivity contribution in [3.63, 3.8) is 0 Å². The Morgan fingerprint density at radius 2 is 1.50 bits per heavy atom. The normalized spacial score (nSPS) is 13.3. The number of rotatable bonds is 5. The van der Waals surface area contributed by atoms with Crippen molar-refractivity contribution in [2.75, 3.05) is 33.9 Å². The van der Waals surface area contributed by atoms with Gasteiger partial charge < -0.3 is 20.9 Å². The second-order valence-electron chi connectivity index (χ2n) is 7.69. The molecule has 0 bridgehead atoms. The predicted molar refractivity (Wildman–Crippen MR) is 134 cm³/mol. The van der Waals surface area contributed by atoms with Gasteiger partial charge in [0.25, 0.3) is 5.91 Å². The highest BCUT2D eigenvalue weighted by Gasteiger charge is 2.17. The number of halogens is 1. The molecule has 164 valence electrons. The van der Waals surface area contributed by atoms with Crippen LogP contribution in [0, 0.1) is 0 Å². The standard InChI is InChI=1S/C25H25BrN4O2/c26-19-10-7-11-20(16-19)28-25(32)29-22-17-21(27-24(31)18-8-3-1-4-9-18)12-13-23(22)30-14-5-2-6-15-30/h1,3-4,7-13,16-17H,2,5-6,14-15H2,(H,27,31)(H2,28,29,32). The molecule has 0 aromatic heterocycles. The van der Waals surface area contributed by atoms with Crippen LogP contribution in [0.4, 0.5) is 27.5 Å². The molecule has 1 heterocycles. The molecular weight excluding hydrogens is 468 g/mol. The summed E-state index contributed by atoms with van der Waals surface area (Å²) >= 11 is 3.42. The molecule has 6 nitrogen and oxygen atoms in total. The van der Waals surface area contributed by atoms with E-state index in [0.29, 0.717) is 22.6 Å². The van der Waals surface area contributed by atoms with Crippen LogP contribution in [0.15, 0.2) is 77.3 Å². The molecule has 7 heteroatoms. The van der Waals surface area contributed by atoms with Gasteiger partial charge in [0.1, 0.15) is 0 Å². The second kappa shape index (κ2) is 10.3. The lowest BCUT2D eigenvalue weighted by Gasteiger charge is -2.31. The zero-order valence-electron chi connectivity index (χ0n) is 17.6. The predicted octanol–water partition coefficient (Wildman–Crippen LogP) is 6.34. The minimum Gasteiger partial charge on any atom is -0.370 e. The molecule has 3 N–H and O–H groups in total. The van der Waals surface area contributed by atoms with E-state index in [9.17, 15) is 9.59 Å². The van der Waals surface area contributed by atoms with Crippen LogP contribution in [-0.2, 0) is 0 Å². The van der Waals surface area contributed by atoms with Crippen molar-refractivity contribution >= 4 is 50.6 Å². The van der Waals surface area contributed by atoms with Crippen LogP contribution in [0.2, 0.25) is 0 Å². The summed E-state index contributed by atoms with van der Waals surface area (Å²) in [7, 11) is 0. The molecule has 32 heavy (non-hydrogen) atoms. The highest BCUT2D eigenvalue weighted by atomic mass is 79.9. The molecule has 1 aliphatic heterocycles. The zero-order chi connectivity index (χ0) is 22.3. The number of nitrogens with zero attached hydrogens (tertiary/aromatic N) is 1. The summed E-state index contributed by atoms with van der Waals surface area (Å²) in [5.41, 5.74) is 3.49. The average molecular weight is 493 g/mol. The van der Waals surface area contributed by atoms with Gasteiger partial charge in [0, 0.05) is 34.5 Å². The highest BCUT2D eigenvalue weighted by Crippen LogP contribution is 2.32. The first kappa shape index (κ1) is 21.9. The highest BCUT2D eigenvalue weighted by molar-refractivity contribution is 9.10. The van der Waals surface area contributed by atoms with Crippen molar-refractivity contribution < 1.29 is 9.59 Å². The van der Waals surface area contributed by atoms with E-state index in [0.717, 1.165) is 36.1 Å². The fraction of sp³-hybridized carbons (Fsp3) is 0.200. The summed E-state index contributed by atoms with van der Waals surface area (Å²) < 4.78 is 0.884. The van der Waals surface area contributed by atoms with Gasteiger partial charge in [-0.2, -0.15) is 0 Å². The van der Waals surface area contributed by atoms with Gasteiger partial charge in [0.05, 0.1) is 11.4 Å². The number of anilines is 4. The van der Waals surface area contributed by atoms with Gasteiger partial charge in [-0.3, -0.25) is 4.79 Å². The largest absolute Gasteiger partial charge is 0.370 e. The number of benzene rings is 3. The van der Waals surface area contributed by atoms with Gasteiger partial charge in [-0.1, -0.05) is 40.2 Å².